The summed E-state index contributed by atoms with van der Waals surface area (Å²) in [5.74, 6) is 0.298. The van der Waals surface area contributed by atoms with Crippen molar-refractivity contribution >= 4 is 0 Å². The first kappa shape index (κ1) is 12.4. The van der Waals surface area contributed by atoms with Gasteiger partial charge in [-0.2, -0.15) is 0 Å². The first-order chi connectivity index (χ1) is 8.63. The van der Waals surface area contributed by atoms with Crippen LogP contribution in [-0.2, 0) is 0 Å². The first-order valence-corrected chi connectivity index (χ1v) is 6.02. The zero-order chi connectivity index (χ0) is 13.1. The predicted molar refractivity (Wildman–Crippen MR) is 70.0 cm³/mol. The Balaban J connectivity index is 2.56. The minimum Gasteiger partial charge on any atom is -0.507 e. The van der Waals surface area contributed by atoms with E-state index in [9.17, 15) is 9.90 Å². The maximum absolute atomic E-state index is 11.9. The Morgan fingerprint density at radius 2 is 1.94 bits per heavy atom. The van der Waals surface area contributed by atoms with E-state index in [2.05, 4.69) is 0 Å². The first-order valence-electron chi connectivity index (χ1n) is 6.02. The monoisotopic (exact) mass is 244 g/mol. The van der Waals surface area contributed by atoms with Gasteiger partial charge < -0.3 is 9.52 Å². The Hall–Kier alpha value is -2.03. The van der Waals surface area contributed by atoms with Crippen LogP contribution in [0.5, 0.6) is 5.75 Å². The van der Waals surface area contributed by atoms with E-state index in [1.54, 1.807) is 6.92 Å². The molecule has 3 heteroatoms. The largest absolute Gasteiger partial charge is 0.507 e. The average Bonchev–Trinajstić information content (AvgIpc) is 2.34. The van der Waals surface area contributed by atoms with E-state index < -0.39 is 5.63 Å². The molecule has 94 valence electrons. The number of benzene rings is 1. The number of aryl methyl sites for hydroxylation is 1. The van der Waals surface area contributed by atoms with E-state index in [1.165, 1.54) is 6.07 Å². The van der Waals surface area contributed by atoms with Crippen LogP contribution in [0.1, 0.15) is 36.1 Å². The summed E-state index contributed by atoms with van der Waals surface area (Å²) in [5, 5.41) is 9.98. The SMILES string of the molecule is CC[C@H](c1ccccc1)c1c(O)cc(C)oc1=O. The third-order valence-corrected chi connectivity index (χ3v) is 3.05. The molecule has 1 N–H and O–H groups in total. The van der Waals surface area contributed by atoms with Gasteiger partial charge in [0.25, 0.3) is 0 Å². The normalized spacial score (nSPS) is 12.3. The van der Waals surface area contributed by atoms with E-state index >= 15 is 0 Å². The highest BCUT2D eigenvalue weighted by Crippen LogP contribution is 2.31. The molecule has 2 aromatic rings. The van der Waals surface area contributed by atoms with Crippen molar-refractivity contribution in [2.45, 2.75) is 26.2 Å². The third kappa shape index (κ3) is 2.30. The average molecular weight is 244 g/mol. The molecule has 0 spiro atoms. The highest BCUT2D eigenvalue weighted by Gasteiger charge is 2.21. The number of hydrogen-bond donors (Lipinski definition) is 1. The highest BCUT2D eigenvalue weighted by molar-refractivity contribution is 5.39. The Bertz CT molecular complexity index is 584. The second kappa shape index (κ2) is 5.08. The lowest BCUT2D eigenvalue weighted by Crippen LogP contribution is -2.14. The molecule has 0 bridgehead atoms. The van der Waals surface area contributed by atoms with Gasteiger partial charge in [-0.3, -0.25) is 0 Å². The van der Waals surface area contributed by atoms with Gasteiger partial charge in [-0.25, -0.2) is 4.79 Å². The van der Waals surface area contributed by atoms with Gasteiger partial charge in [0, 0.05) is 12.0 Å². The van der Waals surface area contributed by atoms with Gasteiger partial charge in [0.2, 0.25) is 0 Å². The summed E-state index contributed by atoms with van der Waals surface area (Å²) >= 11 is 0. The van der Waals surface area contributed by atoms with Crippen molar-refractivity contribution in [2.75, 3.05) is 0 Å². The van der Waals surface area contributed by atoms with E-state index in [-0.39, 0.29) is 11.7 Å². The fourth-order valence-corrected chi connectivity index (χ4v) is 2.22. The summed E-state index contributed by atoms with van der Waals surface area (Å²) in [6.45, 7) is 3.63. The molecular formula is C15H16O3. The van der Waals surface area contributed by atoms with E-state index in [0.29, 0.717) is 11.3 Å². The molecule has 0 radical (unpaired) electrons. The van der Waals surface area contributed by atoms with Crippen LogP contribution in [0.3, 0.4) is 0 Å². The summed E-state index contributed by atoms with van der Waals surface area (Å²) in [7, 11) is 0. The van der Waals surface area contributed by atoms with Gasteiger partial charge >= 0.3 is 5.63 Å². The molecule has 0 fully saturated rings. The molecule has 1 atom stereocenters. The van der Waals surface area contributed by atoms with E-state index in [1.807, 2.05) is 37.3 Å². The summed E-state index contributed by atoms with van der Waals surface area (Å²) in [6.07, 6.45) is 0.728. The molecular weight excluding hydrogens is 228 g/mol. The van der Waals surface area contributed by atoms with Crippen molar-refractivity contribution in [3.8, 4) is 5.75 Å². The van der Waals surface area contributed by atoms with E-state index in [4.69, 9.17) is 4.42 Å². The maximum Gasteiger partial charge on any atom is 0.343 e. The summed E-state index contributed by atoms with van der Waals surface area (Å²) in [5.41, 5.74) is 0.893. The maximum atomic E-state index is 11.9. The Kier molecular flexibility index (Phi) is 3.51. The lowest BCUT2D eigenvalue weighted by atomic mass is 9.89. The van der Waals surface area contributed by atoms with Crippen molar-refractivity contribution in [2.24, 2.45) is 0 Å². The van der Waals surface area contributed by atoms with Gasteiger partial charge in [0.15, 0.2) is 0 Å². The molecule has 0 unspecified atom stereocenters. The number of hydrogen-bond acceptors (Lipinski definition) is 3. The smallest absolute Gasteiger partial charge is 0.343 e. The summed E-state index contributed by atoms with van der Waals surface area (Å²) in [6, 6.07) is 11.2. The summed E-state index contributed by atoms with van der Waals surface area (Å²) < 4.78 is 5.08. The lowest BCUT2D eigenvalue weighted by Gasteiger charge is -2.15. The molecule has 0 saturated heterocycles. The van der Waals surface area contributed by atoms with Crippen molar-refractivity contribution in [1.29, 1.82) is 0 Å². The molecule has 0 aliphatic heterocycles. The Morgan fingerprint density at radius 1 is 1.28 bits per heavy atom. The topological polar surface area (TPSA) is 50.4 Å². The van der Waals surface area contributed by atoms with Crippen LogP contribution in [0.25, 0.3) is 0 Å². The Labute approximate surface area is 106 Å². The molecule has 0 amide bonds. The third-order valence-electron chi connectivity index (χ3n) is 3.05. The van der Waals surface area contributed by atoms with Gasteiger partial charge in [-0.15, -0.1) is 0 Å². The van der Waals surface area contributed by atoms with E-state index in [0.717, 1.165) is 12.0 Å². The predicted octanol–water partition coefficient (Wildman–Crippen LogP) is 3.20. The van der Waals surface area contributed by atoms with Crippen molar-refractivity contribution in [3.05, 3.63) is 63.7 Å². The quantitative estimate of drug-likeness (QED) is 0.902. The van der Waals surface area contributed by atoms with Crippen LogP contribution in [0, 0.1) is 6.92 Å². The van der Waals surface area contributed by atoms with Crippen LogP contribution in [-0.4, -0.2) is 5.11 Å². The minimum atomic E-state index is -0.455. The zero-order valence-corrected chi connectivity index (χ0v) is 10.5. The second-order valence-corrected chi connectivity index (χ2v) is 4.31. The molecule has 3 nitrogen and oxygen atoms in total. The number of rotatable bonds is 3. The summed E-state index contributed by atoms with van der Waals surface area (Å²) in [4.78, 5) is 11.9. The van der Waals surface area contributed by atoms with Crippen LogP contribution < -0.4 is 5.63 Å². The van der Waals surface area contributed by atoms with Crippen LogP contribution >= 0.6 is 0 Å². The van der Waals surface area contributed by atoms with Crippen LogP contribution in [0.2, 0.25) is 0 Å². The van der Waals surface area contributed by atoms with Crippen molar-refractivity contribution < 1.29 is 9.52 Å². The highest BCUT2D eigenvalue weighted by atomic mass is 16.4. The molecule has 1 aromatic carbocycles. The number of aromatic hydroxyl groups is 1. The lowest BCUT2D eigenvalue weighted by molar-refractivity contribution is 0.416. The second-order valence-electron chi connectivity index (χ2n) is 4.31. The van der Waals surface area contributed by atoms with Crippen molar-refractivity contribution in [3.63, 3.8) is 0 Å². The molecule has 1 aromatic heterocycles. The van der Waals surface area contributed by atoms with Crippen molar-refractivity contribution in [1.82, 2.24) is 0 Å². The molecule has 0 aliphatic carbocycles. The van der Waals surface area contributed by atoms with Gasteiger partial charge in [0.1, 0.15) is 11.5 Å². The van der Waals surface area contributed by atoms with Crippen LogP contribution in [0.15, 0.2) is 45.6 Å². The Morgan fingerprint density at radius 3 is 2.50 bits per heavy atom. The minimum absolute atomic E-state index is 0.0134. The standard InChI is InChI=1S/C15H16O3/c1-3-12(11-7-5-4-6-8-11)14-13(16)9-10(2)18-15(14)17/h4-9,12,16H,3H2,1-2H3/t12-/m1/s1. The van der Waals surface area contributed by atoms with Gasteiger partial charge in [-0.05, 0) is 18.9 Å². The van der Waals surface area contributed by atoms with Gasteiger partial charge in [-0.1, -0.05) is 37.3 Å². The zero-order valence-electron chi connectivity index (χ0n) is 10.5. The molecule has 18 heavy (non-hydrogen) atoms. The van der Waals surface area contributed by atoms with Gasteiger partial charge in [0.05, 0.1) is 5.56 Å². The fraction of sp³-hybridized carbons (Fsp3) is 0.267. The fourth-order valence-electron chi connectivity index (χ4n) is 2.22. The van der Waals surface area contributed by atoms with Crippen LogP contribution in [0.4, 0.5) is 0 Å². The molecule has 2 rings (SSSR count). The molecule has 1 heterocycles. The molecule has 0 saturated carbocycles. The molecule has 0 aliphatic rings.